The van der Waals surface area contributed by atoms with Gasteiger partial charge in [-0.25, -0.2) is 8.42 Å². The second-order valence-electron chi connectivity index (χ2n) is 4.37. The molecule has 6 heteroatoms. The number of aliphatic hydroxyl groups is 1. The summed E-state index contributed by atoms with van der Waals surface area (Å²) in [5, 5.41) is 10.9. The van der Waals surface area contributed by atoms with E-state index in [1.165, 1.54) is 6.26 Å². The highest BCUT2D eigenvalue weighted by molar-refractivity contribution is 7.90. The second kappa shape index (κ2) is 6.75. The number of sulfone groups is 1. The topological polar surface area (TPSA) is 54.4 Å². The minimum atomic E-state index is -2.96. The van der Waals surface area contributed by atoms with E-state index in [4.69, 9.17) is 23.2 Å². The van der Waals surface area contributed by atoms with Crippen molar-refractivity contribution in [3.05, 3.63) is 33.8 Å². The Labute approximate surface area is 118 Å². The molecule has 102 valence electrons. The van der Waals surface area contributed by atoms with Crippen molar-refractivity contribution in [1.29, 1.82) is 0 Å². The minimum absolute atomic E-state index is 0.0956. The maximum Gasteiger partial charge on any atom is 0.147 e. The van der Waals surface area contributed by atoms with Crippen LogP contribution in [0, 0.1) is 0 Å². The first-order valence-electron chi connectivity index (χ1n) is 5.57. The van der Waals surface area contributed by atoms with Gasteiger partial charge in [0.1, 0.15) is 9.84 Å². The Morgan fingerprint density at radius 1 is 1.33 bits per heavy atom. The molecule has 0 saturated carbocycles. The first-order chi connectivity index (χ1) is 8.28. The maximum absolute atomic E-state index is 10.9. The van der Waals surface area contributed by atoms with E-state index < -0.39 is 15.9 Å². The molecule has 0 saturated heterocycles. The van der Waals surface area contributed by atoms with E-state index in [-0.39, 0.29) is 5.75 Å². The van der Waals surface area contributed by atoms with Crippen molar-refractivity contribution in [3.8, 4) is 0 Å². The summed E-state index contributed by atoms with van der Waals surface area (Å²) in [7, 11) is -2.96. The van der Waals surface area contributed by atoms with Gasteiger partial charge in [0.25, 0.3) is 0 Å². The Bertz CT molecular complexity index is 500. The normalized spacial score (nSPS) is 13.6. The third kappa shape index (κ3) is 6.05. The maximum atomic E-state index is 10.9. The number of halogens is 2. The van der Waals surface area contributed by atoms with Gasteiger partial charge < -0.3 is 5.11 Å². The molecule has 1 N–H and O–H groups in total. The average molecular weight is 311 g/mol. The highest BCUT2D eigenvalue weighted by atomic mass is 35.5. The molecule has 0 heterocycles. The Morgan fingerprint density at radius 2 is 2.00 bits per heavy atom. The largest absolute Gasteiger partial charge is 0.393 e. The lowest BCUT2D eigenvalue weighted by molar-refractivity contribution is 0.164. The van der Waals surface area contributed by atoms with E-state index in [9.17, 15) is 13.5 Å². The van der Waals surface area contributed by atoms with Crippen LogP contribution in [0.2, 0.25) is 10.0 Å². The molecule has 1 aromatic rings. The van der Waals surface area contributed by atoms with Gasteiger partial charge in [-0.15, -0.1) is 0 Å². The molecule has 0 fully saturated rings. The zero-order valence-corrected chi connectivity index (χ0v) is 12.4. The number of benzene rings is 1. The van der Waals surface area contributed by atoms with Crippen LogP contribution in [-0.4, -0.2) is 31.6 Å². The van der Waals surface area contributed by atoms with Crippen LogP contribution in [-0.2, 0) is 16.3 Å². The van der Waals surface area contributed by atoms with E-state index in [0.29, 0.717) is 29.3 Å². The van der Waals surface area contributed by atoms with Crippen LogP contribution < -0.4 is 0 Å². The van der Waals surface area contributed by atoms with Crippen molar-refractivity contribution in [1.82, 2.24) is 0 Å². The third-order valence-corrected chi connectivity index (χ3v) is 4.14. The van der Waals surface area contributed by atoms with Gasteiger partial charge in [-0.05, 0) is 37.0 Å². The van der Waals surface area contributed by atoms with Gasteiger partial charge in [0.2, 0.25) is 0 Å². The molecule has 1 unspecified atom stereocenters. The van der Waals surface area contributed by atoms with E-state index >= 15 is 0 Å². The summed E-state index contributed by atoms with van der Waals surface area (Å²) >= 11 is 11.8. The minimum Gasteiger partial charge on any atom is -0.393 e. The molecule has 18 heavy (non-hydrogen) atoms. The van der Waals surface area contributed by atoms with Gasteiger partial charge in [-0.1, -0.05) is 29.3 Å². The summed E-state index contributed by atoms with van der Waals surface area (Å²) in [6, 6.07) is 5.11. The smallest absolute Gasteiger partial charge is 0.147 e. The monoisotopic (exact) mass is 310 g/mol. The Morgan fingerprint density at radius 3 is 2.56 bits per heavy atom. The van der Waals surface area contributed by atoms with Gasteiger partial charge in [0.15, 0.2) is 0 Å². The third-order valence-electron chi connectivity index (χ3n) is 2.52. The van der Waals surface area contributed by atoms with Crippen molar-refractivity contribution in [3.63, 3.8) is 0 Å². The Balaban J connectivity index is 2.47. The molecule has 1 aromatic carbocycles. The fraction of sp³-hybridized carbons (Fsp3) is 0.500. The predicted molar refractivity (Wildman–Crippen MR) is 75.1 cm³/mol. The van der Waals surface area contributed by atoms with Gasteiger partial charge in [0, 0.05) is 22.1 Å². The molecular weight excluding hydrogens is 295 g/mol. The van der Waals surface area contributed by atoms with E-state index in [1.807, 2.05) is 0 Å². The van der Waals surface area contributed by atoms with Crippen LogP contribution in [0.15, 0.2) is 18.2 Å². The molecular formula is C12H16Cl2O3S. The summed E-state index contributed by atoms with van der Waals surface area (Å²) in [4.78, 5) is 0. The van der Waals surface area contributed by atoms with Crippen LogP contribution >= 0.6 is 23.2 Å². The Hall–Kier alpha value is -0.290. The predicted octanol–water partition coefficient (Wildman–Crippen LogP) is 2.72. The molecule has 0 aromatic heterocycles. The van der Waals surface area contributed by atoms with Gasteiger partial charge in [-0.3, -0.25) is 0 Å². The lowest BCUT2D eigenvalue weighted by Gasteiger charge is -2.11. The van der Waals surface area contributed by atoms with Crippen molar-refractivity contribution in [2.24, 2.45) is 0 Å². The van der Waals surface area contributed by atoms with Crippen molar-refractivity contribution in [2.45, 2.75) is 25.4 Å². The van der Waals surface area contributed by atoms with Crippen molar-refractivity contribution >= 4 is 33.0 Å². The SMILES string of the molecule is CS(=O)(=O)CCCC(O)Cc1ccc(Cl)cc1Cl. The Kier molecular flexibility index (Phi) is 5.92. The van der Waals surface area contributed by atoms with Crippen LogP contribution in [0.1, 0.15) is 18.4 Å². The molecule has 0 aliphatic carbocycles. The molecule has 0 bridgehead atoms. The summed E-state index contributed by atoms with van der Waals surface area (Å²) in [5.74, 6) is 0.0956. The molecule has 0 radical (unpaired) electrons. The first kappa shape index (κ1) is 15.8. The summed E-state index contributed by atoms with van der Waals surface area (Å²) < 4.78 is 21.9. The van der Waals surface area contributed by atoms with Crippen LogP contribution in [0.25, 0.3) is 0 Å². The molecule has 0 aliphatic rings. The highest BCUT2D eigenvalue weighted by Crippen LogP contribution is 2.22. The number of hydrogen-bond donors (Lipinski definition) is 1. The van der Waals surface area contributed by atoms with E-state index in [0.717, 1.165) is 5.56 Å². The van der Waals surface area contributed by atoms with E-state index in [2.05, 4.69) is 0 Å². The number of rotatable bonds is 6. The molecule has 1 atom stereocenters. The van der Waals surface area contributed by atoms with Gasteiger partial charge >= 0.3 is 0 Å². The zero-order chi connectivity index (χ0) is 13.8. The molecule has 3 nitrogen and oxygen atoms in total. The lowest BCUT2D eigenvalue weighted by atomic mass is 10.0. The molecule has 0 amide bonds. The quantitative estimate of drug-likeness (QED) is 0.879. The van der Waals surface area contributed by atoms with Gasteiger partial charge in [-0.2, -0.15) is 0 Å². The summed E-state index contributed by atoms with van der Waals surface area (Å²) in [5.41, 5.74) is 0.813. The highest BCUT2D eigenvalue weighted by Gasteiger charge is 2.10. The number of hydrogen-bond acceptors (Lipinski definition) is 3. The summed E-state index contributed by atoms with van der Waals surface area (Å²) in [6.45, 7) is 0. The average Bonchev–Trinajstić information content (AvgIpc) is 2.20. The second-order valence-corrected chi connectivity index (χ2v) is 7.47. The van der Waals surface area contributed by atoms with Gasteiger partial charge in [0.05, 0.1) is 6.10 Å². The van der Waals surface area contributed by atoms with Crippen molar-refractivity contribution < 1.29 is 13.5 Å². The molecule has 1 rings (SSSR count). The van der Waals surface area contributed by atoms with Crippen LogP contribution in [0.4, 0.5) is 0 Å². The fourth-order valence-corrected chi connectivity index (χ4v) is 2.80. The van der Waals surface area contributed by atoms with Crippen LogP contribution in [0.3, 0.4) is 0 Å². The zero-order valence-electron chi connectivity index (χ0n) is 10.1. The molecule has 0 aliphatic heterocycles. The molecule has 0 spiro atoms. The lowest BCUT2D eigenvalue weighted by Crippen LogP contribution is -2.13. The van der Waals surface area contributed by atoms with E-state index in [1.54, 1.807) is 18.2 Å². The standard InChI is InChI=1S/C12H16Cl2O3S/c1-18(16,17)6-2-3-11(15)7-9-4-5-10(13)8-12(9)14/h4-5,8,11,15H,2-3,6-7H2,1H3. The van der Waals surface area contributed by atoms with Crippen molar-refractivity contribution in [2.75, 3.05) is 12.0 Å². The van der Waals surface area contributed by atoms with Crippen LogP contribution in [0.5, 0.6) is 0 Å². The first-order valence-corrected chi connectivity index (χ1v) is 8.39. The number of aliphatic hydroxyl groups excluding tert-OH is 1. The summed E-state index contributed by atoms with van der Waals surface area (Å²) in [6.07, 6.45) is 1.89. The fourth-order valence-electron chi connectivity index (χ4n) is 1.62.